The molecule has 0 saturated heterocycles. The van der Waals surface area contributed by atoms with Crippen molar-refractivity contribution in [1.82, 2.24) is 23.7 Å². The lowest BCUT2D eigenvalue weighted by Gasteiger charge is -2.11. The van der Waals surface area contributed by atoms with E-state index in [0.29, 0.717) is 16.5 Å². The molecule has 0 aliphatic rings. The molecule has 3 aromatic heterocycles. The molecule has 0 unspecified atom stereocenters. The van der Waals surface area contributed by atoms with Gasteiger partial charge in [-0.2, -0.15) is 4.98 Å². The van der Waals surface area contributed by atoms with Crippen molar-refractivity contribution in [2.45, 2.75) is 26.4 Å². The van der Waals surface area contributed by atoms with E-state index in [9.17, 15) is 14.7 Å². The van der Waals surface area contributed by atoms with Crippen LogP contribution in [0.25, 0.3) is 11.2 Å². The summed E-state index contributed by atoms with van der Waals surface area (Å²) in [5.41, 5.74) is 1.05. The van der Waals surface area contributed by atoms with Gasteiger partial charge in [-0.1, -0.05) is 23.7 Å². The van der Waals surface area contributed by atoms with E-state index < -0.39 is 11.2 Å². The van der Waals surface area contributed by atoms with E-state index in [1.807, 2.05) is 25.1 Å². The summed E-state index contributed by atoms with van der Waals surface area (Å²) in [6, 6.07) is 11.1. The predicted octanol–water partition coefficient (Wildman–Crippen LogP) is 2.48. The van der Waals surface area contributed by atoms with Gasteiger partial charge in [-0.15, -0.1) is 0 Å². The molecule has 0 radical (unpaired) electrons. The fourth-order valence-corrected chi connectivity index (χ4v) is 3.56. The summed E-state index contributed by atoms with van der Waals surface area (Å²) in [7, 11) is 1.55. The first-order chi connectivity index (χ1) is 15.4. The number of aryl methyl sites for hydroxylation is 2. The number of aliphatic hydroxyl groups is 1. The van der Waals surface area contributed by atoms with Crippen LogP contribution in [-0.2, 0) is 20.1 Å². The lowest BCUT2D eigenvalue weighted by atomic mass is 10.2. The van der Waals surface area contributed by atoms with Crippen LogP contribution in [0.1, 0.15) is 17.7 Å². The average Bonchev–Trinajstić information content (AvgIpc) is 3.12. The van der Waals surface area contributed by atoms with Crippen LogP contribution in [0.15, 0.2) is 52.2 Å². The summed E-state index contributed by atoms with van der Waals surface area (Å²) in [6.45, 7) is 2.08. The van der Waals surface area contributed by atoms with Gasteiger partial charge < -0.3 is 9.84 Å². The van der Waals surface area contributed by atoms with Crippen molar-refractivity contribution < 1.29 is 9.84 Å². The van der Waals surface area contributed by atoms with Gasteiger partial charge in [-0.25, -0.2) is 4.79 Å². The molecule has 10 heteroatoms. The second-order valence-corrected chi connectivity index (χ2v) is 7.85. The minimum atomic E-state index is -0.507. The number of imidazole rings is 1. The van der Waals surface area contributed by atoms with Gasteiger partial charge in [0, 0.05) is 26.4 Å². The number of hydrogen-bond donors (Lipinski definition) is 1. The Balaban J connectivity index is 1.93. The minimum absolute atomic E-state index is 0.0936. The number of aromatic nitrogens is 5. The normalized spacial score (nSPS) is 11.2. The Morgan fingerprint density at radius 2 is 1.97 bits per heavy atom. The highest BCUT2D eigenvalue weighted by atomic mass is 35.5. The van der Waals surface area contributed by atoms with Crippen molar-refractivity contribution in [2.75, 3.05) is 6.61 Å². The van der Waals surface area contributed by atoms with E-state index in [1.54, 1.807) is 29.8 Å². The third-order valence-electron chi connectivity index (χ3n) is 5.04. The second kappa shape index (κ2) is 8.97. The second-order valence-electron chi connectivity index (χ2n) is 7.41. The van der Waals surface area contributed by atoms with Crippen molar-refractivity contribution in [3.8, 4) is 11.8 Å². The lowest BCUT2D eigenvalue weighted by molar-refractivity contribution is 0.277. The number of fused-ring (bicyclic) bond motifs is 1. The SMILES string of the molecule is Cc1cccc(Oc2nc3c(c(=O)n(CCCO)c(=O)n3C)n2Cc2ccc(Cl)cn2)c1. The first-order valence-electron chi connectivity index (χ1n) is 10.0. The maximum Gasteiger partial charge on any atom is 0.332 e. The monoisotopic (exact) mass is 455 g/mol. The Bertz CT molecular complexity index is 1390. The number of pyridine rings is 1. The molecule has 0 amide bonds. The highest BCUT2D eigenvalue weighted by Gasteiger charge is 2.22. The topological polar surface area (TPSA) is 104 Å². The van der Waals surface area contributed by atoms with Gasteiger partial charge in [0.2, 0.25) is 0 Å². The van der Waals surface area contributed by atoms with Crippen LogP contribution in [0.5, 0.6) is 11.8 Å². The average molecular weight is 456 g/mol. The highest BCUT2D eigenvalue weighted by Crippen LogP contribution is 2.25. The largest absolute Gasteiger partial charge is 0.425 e. The Labute approximate surface area is 188 Å². The summed E-state index contributed by atoms with van der Waals surface area (Å²) in [5, 5.41) is 9.67. The van der Waals surface area contributed by atoms with Crippen LogP contribution in [0.2, 0.25) is 5.02 Å². The Morgan fingerprint density at radius 1 is 1.16 bits per heavy atom. The van der Waals surface area contributed by atoms with Gasteiger partial charge in [0.1, 0.15) is 5.75 Å². The number of benzene rings is 1. The van der Waals surface area contributed by atoms with Crippen LogP contribution in [0.4, 0.5) is 0 Å². The van der Waals surface area contributed by atoms with Gasteiger partial charge in [-0.05, 0) is 43.2 Å². The van der Waals surface area contributed by atoms with Crippen molar-refractivity contribution >= 4 is 22.8 Å². The zero-order chi connectivity index (χ0) is 22.8. The number of ether oxygens (including phenoxy) is 1. The first-order valence-corrected chi connectivity index (χ1v) is 10.4. The minimum Gasteiger partial charge on any atom is -0.425 e. The van der Waals surface area contributed by atoms with Crippen LogP contribution < -0.4 is 16.0 Å². The number of nitrogens with zero attached hydrogens (tertiary/aromatic N) is 5. The molecule has 0 fully saturated rings. The fraction of sp³-hybridized carbons (Fsp3) is 0.273. The molecular formula is C22H22ClN5O4. The molecule has 166 valence electrons. The number of rotatable bonds is 7. The molecule has 1 aromatic carbocycles. The maximum atomic E-state index is 13.3. The highest BCUT2D eigenvalue weighted by molar-refractivity contribution is 6.30. The van der Waals surface area contributed by atoms with Gasteiger partial charge in [0.05, 0.1) is 17.3 Å². The number of hydrogen-bond acceptors (Lipinski definition) is 6. The van der Waals surface area contributed by atoms with Gasteiger partial charge in [0.15, 0.2) is 11.2 Å². The molecular weight excluding hydrogens is 434 g/mol. The van der Waals surface area contributed by atoms with Gasteiger partial charge in [-0.3, -0.25) is 23.5 Å². The first kappa shape index (κ1) is 21.8. The fourth-order valence-electron chi connectivity index (χ4n) is 3.45. The van der Waals surface area contributed by atoms with E-state index >= 15 is 0 Å². The molecule has 0 aliphatic heterocycles. The summed E-state index contributed by atoms with van der Waals surface area (Å²) in [6.07, 6.45) is 1.80. The Morgan fingerprint density at radius 3 is 2.66 bits per heavy atom. The zero-order valence-electron chi connectivity index (χ0n) is 17.7. The summed E-state index contributed by atoms with van der Waals surface area (Å²) >= 11 is 5.96. The van der Waals surface area contributed by atoms with E-state index in [-0.39, 0.29) is 43.3 Å². The van der Waals surface area contributed by atoms with E-state index in [2.05, 4.69) is 9.97 Å². The quantitative estimate of drug-likeness (QED) is 0.459. The van der Waals surface area contributed by atoms with E-state index in [1.165, 1.54) is 10.8 Å². The van der Waals surface area contributed by atoms with Crippen molar-refractivity contribution in [3.05, 3.63) is 79.7 Å². The molecule has 9 nitrogen and oxygen atoms in total. The van der Waals surface area contributed by atoms with E-state index in [4.69, 9.17) is 16.3 Å². The van der Waals surface area contributed by atoms with Gasteiger partial charge >= 0.3 is 11.7 Å². The van der Waals surface area contributed by atoms with E-state index in [0.717, 1.165) is 10.1 Å². The molecule has 0 aliphatic carbocycles. The molecule has 0 atom stereocenters. The molecule has 0 bridgehead atoms. The number of aliphatic hydroxyl groups excluding tert-OH is 1. The van der Waals surface area contributed by atoms with Crippen LogP contribution in [-0.4, -0.2) is 35.4 Å². The number of halogens is 1. The molecule has 1 N–H and O–H groups in total. The molecule has 3 heterocycles. The molecule has 0 spiro atoms. The molecule has 4 aromatic rings. The Kier molecular flexibility index (Phi) is 6.11. The molecule has 32 heavy (non-hydrogen) atoms. The third kappa shape index (κ3) is 4.17. The Hall–Kier alpha value is -3.43. The summed E-state index contributed by atoms with van der Waals surface area (Å²) in [4.78, 5) is 34.9. The lowest BCUT2D eigenvalue weighted by Crippen LogP contribution is -2.39. The smallest absolute Gasteiger partial charge is 0.332 e. The van der Waals surface area contributed by atoms with Crippen molar-refractivity contribution in [1.29, 1.82) is 0 Å². The van der Waals surface area contributed by atoms with Crippen LogP contribution in [0.3, 0.4) is 0 Å². The van der Waals surface area contributed by atoms with Crippen LogP contribution in [0, 0.1) is 6.92 Å². The standard InChI is InChI=1S/C22H22ClN5O4/c1-14-5-3-6-17(11-14)32-21-25-19-18(28(21)13-16-8-7-15(23)12-24-16)20(30)27(9-4-10-29)22(31)26(19)2/h3,5-8,11-12,29H,4,9-10,13H2,1-2H3. The molecule has 4 rings (SSSR count). The molecule has 0 saturated carbocycles. The maximum absolute atomic E-state index is 13.3. The summed E-state index contributed by atoms with van der Waals surface area (Å²) in [5.74, 6) is 0.552. The van der Waals surface area contributed by atoms with Crippen molar-refractivity contribution in [3.63, 3.8) is 0 Å². The predicted molar refractivity (Wildman–Crippen MR) is 121 cm³/mol. The van der Waals surface area contributed by atoms with Crippen LogP contribution >= 0.6 is 11.6 Å². The van der Waals surface area contributed by atoms with Crippen molar-refractivity contribution in [2.24, 2.45) is 7.05 Å². The zero-order valence-corrected chi connectivity index (χ0v) is 18.4. The third-order valence-corrected chi connectivity index (χ3v) is 5.27. The van der Waals surface area contributed by atoms with Gasteiger partial charge in [0.25, 0.3) is 5.56 Å². The summed E-state index contributed by atoms with van der Waals surface area (Å²) < 4.78 is 10.0.